The first-order valence-electron chi connectivity index (χ1n) is 6.50. The maximum atomic E-state index is 13.3. The molecule has 2 rings (SSSR count). The largest absolute Gasteiger partial charge is 0.330 e. The second-order valence-electron chi connectivity index (χ2n) is 4.47. The Kier molecular flexibility index (Phi) is 4.94. The molecule has 0 saturated heterocycles. The number of carbonyl (C=O) groups excluding carboxylic acids is 1. The first kappa shape index (κ1) is 15.1. The minimum Gasteiger partial charge on any atom is -0.330 e. The summed E-state index contributed by atoms with van der Waals surface area (Å²) in [6, 6.07) is 6.77. The quantitative estimate of drug-likeness (QED) is 0.920. The van der Waals surface area contributed by atoms with Gasteiger partial charge in [-0.25, -0.2) is 8.78 Å². The van der Waals surface area contributed by atoms with Crippen LogP contribution in [0.4, 0.5) is 14.5 Å². The highest BCUT2D eigenvalue weighted by molar-refractivity contribution is 6.05. The van der Waals surface area contributed by atoms with Gasteiger partial charge in [-0.15, -0.1) is 0 Å². The number of carbonyl (C=O) groups is 1. The van der Waals surface area contributed by atoms with E-state index in [1.54, 1.807) is 6.07 Å². The Hall–Kier alpha value is -2.34. The van der Waals surface area contributed by atoms with Gasteiger partial charge < -0.3 is 10.6 Å². The van der Waals surface area contributed by atoms with E-state index in [4.69, 9.17) is 5.73 Å². The number of hydrogen-bond donors (Lipinski definition) is 1. The molecule has 1 heterocycles. The first-order chi connectivity index (χ1) is 10.1. The molecule has 2 aromatic rings. The zero-order valence-electron chi connectivity index (χ0n) is 11.3. The Morgan fingerprint density at radius 1 is 1.19 bits per heavy atom. The fourth-order valence-electron chi connectivity index (χ4n) is 1.93. The van der Waals surface area contributed by atoms with Crippen molar-refractivity contribution in [2.24, 2.45) is 5.73 Å². The summed E-state index contributed by atoms with van der Waals surface area (Å²) in [6.45, 7) is 0.704. The van der Waals surface area contributed by atoms with Crippen LogP contribution in [0.5, 0.6) is 0 Å². The van der Waals surface area contributed by atoms with E-state index in [1.807, 2.05) is 0 Å². The fraction of sp³-hybridized carbons (Fsp3) is 0.200. The van der Waals surface area contributed by atoms with Gasteiger partial charge in [-0.1, -0.05) is 6.07 Å². The number of benzene rings is 1. The van der Waals surface area contributed by atoms with Gasteiger partial charge in [0.25, 0.3) is 5.91 Å². The van der Waals surface area contributed by atoms with Crippen molar-refractivity contribution in [3.8, 4) is 0 Å². The molecule has 0 aliphatic carbocycles. The number of pyridine rings is 1. The van der Waals surface area contributed by atoms with Gasteiger partial charge >= 0.3 is 0 Å². The maximum Gasteiger partial charge on any atom is 0.259 e. The van der Waals surface area contributed by atoms with Crippen LogP contribution in [0, 0.1) is 11.6 Å². The molecule has 0 aliphatic heterocycles. The smallest absolute Gasteiger partial charge is 0.259 e. The van der Waals surface area contributed by atoms with E-state index < -0.39 is 17.5 Å². The lowest BCUT2D eigenvalue weighted by atomic mass is 10.2. The van der Waals surface area contributed by atoms with Gasteiger partial charge in [-0.2, -0.15) is 0 Å². The van der Waals surface area contributed by atoms with Gasteiger partial charge in [0.2, 0.25) is 0 Å². The van der Waals surface area contributed by atoms with Crippen LogP contribution in [-0.4, -0.2) is 24.0 Å². The molecule has 1 amide bonds. The lowest BCUT2D eigenvalue weighted by molar-refractivity contribution is 0.0986. The fourth-order valence-corrected chi connectivity index (χ4v) is 1.93. The van der Waals surface area contributed by atoms with Crippen molar-refractivity contribution in [2.45, 2.75) is 6.42 Å². The topological polar surface area (TPSA) is 59.2 Å². The summed E-state index contributed by atoms with van der Waals surface area (Å²) in [5, 5.41) is 0. The van der Waals surface area contributed by atoms with Crippen LogP contribution < -0.4 is 10.6 Å². The number of anilines is 1. The normalized spacial score (nSPS) is 10.4. The molecule has 0 atom stereocenters. The molecule has 0 fully saturated rings. The van der Waals surface area contributed by atoms with Crippen molar-refractivity contribution in [2.75, 3.05) is 18.0 Å². The zero-order valence-corrected chi connectivity index (χ0v) is 11.3. The second-order valence-corrected chi connectivity index (χ2v) is 4.47. The van der Waals surface area contributed by atoms with E-state index in [2.05, 4.69) is 4.98 Å². The van der Waals surface area contributed by atoms with Gasteiger partial charge in [0, 0.05) is 18.4 Å². The average Bonchev–Trinajstić information content (AvgIpc) is 2.47. The number of nitrogens with zero attached hydrogens (tertiary/aromatic N) is 2. The Balaban J connectivity index is 2.33. The van der Waals surface area contributed by atoms with Crippen LogP contribution in [-0.2, 0) is 0 Å². The predicted octanol–water partition coefficient (Wildman–Crippen LogP) is 2.36. The van der Waals surface area contributed by atoms with E-state index in [9.17, 15) is 13.6 Å². The van der Waals surface area contributed by atoms with Crippen LogP contribution >= 0.6 is 0 Å². The Morgan fingerprint density at radius 2 is 2.00 bits per heavy atom. The van der Waals surface area contributed by atoms with Crippen LogP contribution in [0.3, 0.4) is 0 Å². The highest BCUT2D eigenvalue weighted by Gasteiger charge is 2.18. The Labute approximate surface area is 121 Å². The van der Waals surface area contributed by atoms with Gasteiger partial charge in [0.05, 0.1) is 11.8 Å². The van der Waals surface area contributed by atoms with Crippen molar-refractivity contribution >= 4 is 11.6 Å². The highest BCUT2D eigenvalue weighted by atomic mass is 19.1. The molecule has 4 nitrogen and oxygen atoms in total. The summed E-state index contributed by atoms with van der Waals surface area (Å²) in [5.74, 6) is -1.49. The molecule has 6 heteroatoms. The van der Waals surface area contributed by atoms with Gasteiger partial charge in [0.1, 0.15) is 11.6 Å². The van der Waals surface area contributed by atoms with E-state index >= 15 is 0 Å². The molecule has 110 valence electrons. The SMILES string of the molecule is NCCCN(C(=O)c1cncc(F)c1)c1cccc(F)c1. The molecule has 0 unspecified atom stereocenters. The third-order valence-corrected chi connectivity index (χ3v) is 2.90. The minimum atomic E-state index is -0.598. The third kappa shape index (κ3) is 3.82. The lowest BCUT2D eigenvalue weighted by Gasteiger charge is -2.22. The highest BCUT2D eigenvalue weighted by Crippen LogP contribution is 2.19. The summed E-state index contributed by atoms with van der Waals surface area (Å²) >= 11 is 0. The summed E-state index contributed by atoms with van der Waals surface area (Å²) in [6.07, 6.45) is 2.84. The second kappa shape index (κ2) is 6.90. The van der Waals surface area contributed by atoms with Gasteiger partial charge in [-0.3, -0.25) is 9.78 Å². The molecule has 21 heavy (non-hydrogen) atoms. The summed E-state index contributed by atoms with van der Waals surface area (Å²) in [5.41, 5.74) is 5.97. The van der Waals surface area contributed by atoms with Crippen molar-refractivity contribution in [1.82, 2.24) is 4.98 Å². The molecule has 0 radical (unpaired) electrons. The number of aromatic nitrogens is 1. The van der Waals surface area contributed by atoms with E-state index in [0.717, 1.165) is 12.3 Å². The Bertz CT molecular complexity index is 634. The van der Waals surface area contributed by atoms with E-state index in [-0.39, 0.29) is 5.56 Å². The number of amides is 1. The molecule has 1 aromatic carbocycles. The van der Waals surface area contributed by atoms with Crippen LogP contribution in [0.25, 0.3) is 0 Å². The number of rotatable bonds is 5. The molecular weight excluding hydrogens is 276 g/mol. The van der Waals surface area contributed by atoms with Crippen molar-refractivity contribution in [3.05, 3.63) is 59.9 Å². The van der Waals surface area contributed by atoms with E-state index in [1.165, 1.54) is 29.3 Å². The standard InChI is InChI=1S/C15H15F2N3O/c16-12-3-1-4-14(8-12)20(6-2-5-18)15(21)11-7-13(17)10-19-9-11/h1,3-4,7-10H,2,5-6,18H2. The average molecular weight is 291 g/mol. The monoisotopic (exact) mass is 291 g/mol. The molecule has 0 bridgehead atoms. The molecule has 0 saturated carbocycles. The number of hydrogen-bond acceptors (Lipinski definition) is 3. The summed E-state index contributed by atoms with van der Waals surface area (Å²) in [7, 11) is 0. The van der Waals surface area contributed by atoms with Crippen molar-refractivity contribution in [3.63, 3.8) is 0 Å². The molecular formula is C15H15F2N3O. The van der Waals surface area contributed by atoms with Crippen LogP contribution in [0.2, 0.25) is 0 Å². The molecule has 0 spiro atoms. The summed E-state index contributed by atoms with van der Waals surface area (Å²) in [4.78, 5) is 17.5. The predicted molar refractivity (Wildman–Crippen MR) is 75.9 cm³/mol. The molecule has 2 N–H and O–H groups in total. The van der Waals surface area contributed by atoms with Crippen molar-refractivity contribution < 1.29 is 13.6 Å². The van der Waals surface area contributed by atoms with Gasteiger partial charge in [-0.05, 0) is 37.2 Å². The maximum absolute atomic E-state index is 13.3. The minimum absolute atomic E-state index is 0.108. The number of nitrogens with two attached hydrogens (primary N) is 1. The lowest BCUT2D eigenvalue weighted by Crippen LogP contribution is -2.33. The number of halogens is 2. The van der Waals surface area contributed by atoms with Gasteiger partial charge in [0.15, 0.2) is 0 Å². The van der Waals surface area contributed by atoms with Crippen LogP contribution in [0.1, 0.15) is 16.8 Å². The zero-order chi connectivity index (χ0) is 15.2. The Morgan fingerprint density at radius 3 is 2.67 bits per heavy atom. The third-order valence-electron chi connectivity index (χ3n) is 2.90. The first-order valence-corrected chi connectivity index (χ1v) is 6.50. The summed E-state index contributed by atoms with van der Waals surface area (Å²) < 4.78 is 26.5. The van der Waals surface area contributed by atoms with E-state index in [0.29, 0.717) is 25.2 Å². The molecule has 0 aliphatic rings. The van der Waals surface area contributed by atoms with Crippen molar-refractivity contribution in [1.29, 1.82) is 0 Å². The molecule has 1 aromatic heterocycles. The van der Waals surface area contributed by atoms with Crippen LogP contribution in [0.15, 0.2) is 42.7 Å².